The van der Waals surface area contributed by atoms with Crippen LogP contribution in [0.3, 0.4) is 0 Å². The third-order valence-electron chi connectivity index (χ3n) is 6.73. The van der Waals surface area contributed by atoms with Crippen LogP contribution in [0.4, 0.5) is 5.69 Å². The van der Waals surface area contributed by atoms with E-state index in [9.17, 15) is 19.5 Å². The fourth-order valence-corrected chi connectivity index (χ4v) is 4.52. The maximum absolute atomic E-state index is 13.3. The number of nitrogens with one attached hydrogen (secondary N) is 1. The molecule has 0 saturated carbocycles. The van der Waals surface area contributed by atoms with Gasteiger partial charge < -0.3 is 19.7 Å². The number of carboxylic acid groups (broad SMARTS) is 1. The summed E-state index contributed by atoms with van der Waals surface area (Å²) < 4.78 is 6.87. The minimum Gasteiger partial charge on any atom is -0.481 e. The summed E-state index contributed by atoms with van der Waals surface area (Å²) >= 11 is 0. The molecule has 2 atom stereocenters. The van der Waals surface area contributed by atoms with Crippen molar-refractivity contribution in [2.75, 3.05) is 5.32 Å². The lowest BCUT2D eigenvalue weighted by molar-refractivity contribution is -0.137. The molecule has 10 heteroatoms. The number of rotatable bonds is 10. The second-order valence-corrected chi connectivity index (χ2v) is 10.9. The molecule has 1 amide bonds. The number of nitriles is 1. The van der Waals surface area contributed by atoms with Gasteiger partial charge in [0.2, 0.25) is 11.8 Å². The van der Waals surface area contributed by atoms with Gasteiger partial charge in [0, 0.05) is 30.5 Å². The molecule has 2 N–H and O–H groups in total. The molecule has 0 spiro atoms. The molecule has 4 aromatic rings. The molecule has 0 bridgehead atoms. The lowest BCUT2D eigenvalue weighted by atomic mass is 9.86. The highest BCUT2D eigenvalue weighted by Crippen LogP contribution is 2.29. The third-order valence-corrected chi connectivity index (χ3v) is 6.73. The van der Waals surface area contributed by atoms with Crippen molar-refractivity contribution < 1.29 is 24.2 Å². The molecule has 2 aromatic carbocycles. The van der Waals surface area contributed by atoms with Crippen molar-refractivity contribution in [1.82, 2.24) is 9.55 Å². The smallest absolute Gasteiger partial charge is 0.305 e. The van der Waals surface area contributed by atoms with Gasteiger partial charge >= 0.3 is 5.97 Å². The molecule has 43 heavy (non-hydrogen) atoms. The van der Waals surface area contributed by atoms with Crippen molar-refractivity contribution in [3.8, 4) is 28.3 Å². The number of aliphatic carboxylic acids is 1. The highest BCUT2D eigenvalue weighted by atomic mass is 16.5. The maximum atomic E-state index is 13.3. The van der Waals surface area contributed by atoms with Crippen molar-refractivity contribution >= 4 is 29.9 Å². The number of hydrogen-bond acceptors (Lipinski definition) is 7. The number of anilines is 1. The van der Waals surface area contributed by atoms with Gasteiger partial charge in [-0.05, 0) is 58.0 Å². The zero-order valence-electron chi connectivity index (χ0n) is 24.0. The van der Waals surface area contributed by atoms with Crippen molar-refractivity contribution in [3.05, 3.63) is 97.1 Å². The number of carboxylic acids is 1. The summed E-state index contributed by atoms with van der Waals surface area (Å²) in [4.78, 5) is 45.3. The third kappa shape index (κ3) is 7.80. The second-order valence-electron chi connectivity index (χ2n) is 10.9. The lowest BCUT2D eigenvalue weighted by Gasteiger charge is -2.28. The number of aliphatic imine (C=N–C) groups is 1. The van der Waals surface area contributed by atoms with E-state index in [1.54, 1.807) is 53.6 Å². The lowest BCUT2D eigenvalue weighted by Crippen LogP contribution is -2.39. The minimum atomic E-state index is -1.14. The Kier molecular flexibility index (Phi) is 9.47. The van der Waals surface area contributed by atoms with E-state index in [0.717, 1.165) is 22.3 Å². The molecular weight excluding hydrogens is 546 g/mol. The monoisotopic (exact) mass is 577 g/mol. The molecule has 0 unspecified atom stereocenters. The standard InChI is InChI=1S/C33H31N5O5/c1-33(2,3)30(31(42)36-27-12-15-35-16-13-27)37-32(43-21-39)28(18-29(40)41)38-17-14-26(20-38)25-10-8-24(9-11-25)23-6-4-22(19-34)5-7-23/h4-17,20-21,28,30H,18H2,1-3H3,(H,40,41)(H,35,36,42)/t28-,30-/m1/s1. The summed E-state index contributed by atoms with van der Waals surface area (Å²) in [6, 6.07) is 20.3. The number of carbonyl (C=O) groups excluding carboxylic acids is 2. The van der Waals surface area contributed by atoms with Crippen molar-refractivity contribution in [3.63, 3.8) is 0 Å². The highest BCUT2D eigenvalue weighted by molar-refractivity contribution is 5.98. The summed E-state index contributed by atoms with van der Waals surface area (Å²) in [6.45, 7) is 5.62. The molecule has 2 heterocycles. The van der Waals surface area contributed by atoms with Crippen LogP contribution in [-0.4, -0.2) is 44.9 Å². The van der Waals surface area contributed by atoms with Crippen molar-refractivity contribution in [1.29, 1.82) is 5.26 Å². The van der Waals surface area contributed by atoms with Gasteiger partial charge in [-0.3, -0.25) is 19.4 Å². The molecule has 0 aliphatic carbocycles. The molecular formula is C33H31N5O5. The first kappa shape index (κ1) is 30.4. The molecule has 10 nitrogen and oxygen atoms in total. The Morgan fingerprint density at radius 3 is 2.12 bits per heavy atom. The number of nitrogens with zero attached hydrogens (tertiary/aromatic N) is 4. The number of benzene rings is 2. The highest BCUT2D eigenvalue weighted by Gasteiger charge is 2.34. The van der Waals surface area contributed by atoms with Crippen LogP contribution in [0.25, 0.3) is 22.3 Å². The molecule has 4 rings (SSSR count). The van der Waals surface area contributed by atoms with Crippen LogP contribution in [0.2, 0.25) is 0 Å². The first-order valence-electron chi connectivity index (χ1n) is 13.5. The summed E-state index contributed by atoms with van der Waals surface area (Å²) in [5.41, 5.74) is 4.02. The number of carbonyl (C=O) groups is 3. The average Bonchev–Trinajstić information content (AvgIpc) is 3.48. The van der Waals surface area contributed by atoms with E-state index < -0.39 is 35.8 Å². The van der Waals surface area contributed by atoms with Gasteiger partial charge in [0.15, 0.2) is 0 Å². The number of hydrogen-bond donors (Lipinski definition) is 2. The van der Waals surface area contributed by atoms with Crippen LogP contribution in [0.1, 0.15) is 38.8 Å². The van der Waals surface area contributed by atoms with E-state index in [-0.39, 0.29) is 12.4 Å². The van der Waals surface area contributed by atoms with E-state index in [0.29, 0.717) is 11.3 Å². The maximum Gasteiger partial charge on any atom is 0.305 e. The van der Waals surface area contributed by atoms with Gasteiger partial charge in [-0.15, -0.1) is 0 Å². The van der Waals surface area contributed by atoms with Crippen LogP contribution in [0.15, 0.2) is 96.5 Å². The predicted molar refractivity (Wildman–Crippen MR) is 162 cm³/mol. The Morgan fingerprint density at radius 2 is 1.58 bits per heavy atom. The number of aromatic nitrogens is 2. The van der Waals surface area contributed by atoms with Gasteiger partial charge in [-0.1, -0.05) is 57.2 Å². The summed E-state index contributed by atoms with van der Waals surface area (Å²) in [5, 5.41) is 21.6. The predicted octanol–water partition coefficient (Wildman–Crippen LogP) is 5.73. The molecule has 218 valence electrons. The van der Waals surface area contributed by atoms with Crippen molar-refractivity contribution in [2.24, 2.45) is 10.4 Å². The van der Waals surface area contributed by atoms with E-state index >= 15 is 0 Å². The summed E-state index contributed by atoms with van der Waals surface area (Å²) in [7, 11) is 0. The molecule has 0 aliphatic heterocycles. The quantitative estimate of drug-likeness (QED) is 0.139. The Labute approximate surface area is 249 Å². The normalized spacial score (nSPS) is 12.9. The minimum absolute atomic E-state index is 0.181. The first-order chi connectivity index (χ1) is 20.6. The van der Waals surface area contributed by atoms with Crippen LogP contribution in [0.5, 0.6) is 0 Å². The summed E-state index contributed by atoms with van der Waals surface area (Å²) in [6.07, 6.45) is 6.07. The Hall–Kier alpha value is -5.56. The second kappa shape index (κ2) is 13.4. The van der Waals surface area contributed by atoms with Crippen LogP contribution < -0.4 is 5.32 Å². The Bertz CT molecular complexity index is 1650. The van der Waals surface area contributed by atoms with E-state index in [4.69, 9.17) is 10.00 Å². The molecule has 2 aromatic heterocycles. The largest absolute Gasteiger partial charge is 0.481 e. The van der Waals surface area contributed by atoms with Gasteiger partial charge in [0.1, 0.15) is 12.1 Å². The molecule has 0 saturated heterocycles. The number of amides is 1. The molecule has 0 fully saturated rings. The van der Waals surface area contributed by atoms with Gasteiger partial charge in [0.25, 0.3) is 6.47 Å². The summed E-state index contributed by atoms with van der Waals surface area (Å²) in [5.74, 6) is -1.78. The number of pyridine rings is 1. The fourth-order valence-electron chi connectivity index (χ4n) is 4.52. The fraction of sp³-hybridized carbons (Fsp3) is 0.212. The zero-order chi connectivity index (χ0) is 31.0. The molecule has 0 radical (unpaired) electrons. The van der Waals surface area contributed by atoms with Gasteiger partial charge in [-0.25, -0.2) is 4.99 Å². The SMILES string of the molecule is CC(C)(C)[C@H](N=C(OC=O)[C@@H](CC(=O)O)n1ccc(-c2ccc(-c3ccc(C#N)cc3)cc2)c1)C(=O)Nc1ccncc1. The Balaban J connectivity index is 1.65. The average molecular weight is 578 g/mol. The Morgan fingerprint density at radius 1 is 1.00 bits per heavy atom. The van der Waals surface area contributed by atoms with E-state index in [1.807, 2.05) is 63.2 Å². The zero-order valence-corrected chi connectivity index (χ0v) is 24.0. The van der Waals surface area contributed by atoms with Crippen LogP contribution >= 0.6 is 0 Å². The topological polar surface area (TPSA) is 147 Å². The molecule has 0 aliphatic rings. The van der Waals surface area contributed by atoms with Crippen LogP contribution in [0, 0.1) is 16.7 Å². The van der Waals surface area contributed by atoms with Gasteiger partial charge in [0.05, 0.1) is 18.1 Å². The van der Waals surface area contributed by atoms with E-state index in [1.165, 1.54) is 0 Å². The first-order valence-corrected chi connectivity index (χ1v) is 13.5. The van der Waals surface area contributed by atoms with Crippen molar-refractivity contribution in [2.45, 2.75) is 39.3 Å². The number of ether oxygens (including phenoxy) is 1. The van der Waals surface area contributed by atoms with E-state index in [2.05, 4.69) is 21.4 Å². The van der Waals surface area contributed by atoms with Gasteiger partial charge in [-0.2, -0.15) is 5.26 Å². The van der Waals surface area contributed by atoms with Crippen LogP contribution in [-0.2, 0) is 19.1 Å².